The fourth-order valence-electron chi connectivity index (χ4n) is 4.83. The summed E-state index contributed by atoms with van der Waals surface area (Å²) in [5.41, 5.74) is 0.641. The van der Waals surface area contributed by atoms with Gasteiger partial charge in [-0.3, -0.25) is 19.4 Å². The van der Waals surface area contributed by atoms with Crippen molar-refractivity contribution in [2.75, 3.05) is 51.3 Å². The van der Waals surface area contributed by atoms with E-state index in [9.17, 15) is 27.6 Å². The van der Waals surface area contributed by atoms with E-state index in [-0.39, 0.29) is 33.4 Å². The summed E-state index contributed by atoms with van der Waals surface area (Å²) in [5, 5.41) is 11.5. The van der Waals surface area contributed by atoms with Crippen molar-refractivity contribution in [3.05, 3.63) is 88.1 Å². The van der Waals surface area contributed by atoms with Gasteiger partial charge in [0.15, 0.2) is 0 Å². The Balaban J connectivity index is 1.31. The van der Waals surface area contributed by atoms with Crippen molar-refractivity contribution in [3.63, 3.8) is 0 Å². The minimum absolute atomic E-state index is 0.0622. The molecule has 2 saturated heterocycles. The Hall–Kier alpha value is -4.24. The maximum Gasteiger partial charge on any atom is 0.338 e. The van der Waals surface area contributed by atoms with Crippen molar-refractivity contribution in [1.82, 2.24) is 9.80 Å². The lowest BCUT2D eigenvalue weighted by atomic mass is 10.0. The zero-order chi connectivity index (χ0) is 32.8. The largest absolute Gasteiger partial charge is 0.492 e. The predicted molar refractivity (Wildman–Crippen MR) is 171 cm³/mol. The predicted octanol–water partition coefficient (Wildman–Crippen LogP) is 5.41. The molecule has 0 spiro atoms. The number of hydrogen-bond donors (Lipinski definition) is 2. The Morgan fingerprint density at radius 1 is 1.02 bits per heavy atom. The third-order valence-electron chi connectivity index (χ3n) is 7.23. The van der Waals surface area contributed by atoms with Crippen LogP contribution in [0.25, 0.3) is 17.2 Å². The molecule has 2 heterocycles. The molecule has 0 unspecified atom stereocenters. The van der Waals surface area contributed by atoms with Crippen LogP contribution in [0.3, 0.4) is 0 Å². The number of rotatable bonds is 11. The molecule has 0 radical (unpaired) electrons. The van der Waals surface area contributed by atoms with E-state index in [1.54, 1.807) is 24.3 Å². The van der Waals surface area contributed by atoms with Crippen LogP contribution in [-0.2, 0) is 14.3 Å². The quantitative estimate of drug-likeness (QED) is 0.204. The number of morpholine rings is 1. The van der Waals surface area contributed by atoms with Gasteiger partial charge in [0, 0.05) is 55.5 Å². The molecule has 2 aliphatic rings. The molecule has 0 aromatic heterocycles. The summed E-state index contributed by atoms with van der Waals surface area (Å²) in [4.78, 5) is 40.6. The van der Waals surface area contributed by atoms with Crippen molar-refractivity contribution < 1.29 is 42.1 Å². The highest BCUT2D eigenvalue weighted by Gasteiger charge is 2.32. The first-order valence-corrected chi connectivity index (χ1v) is 15.4. The summed E-state index contributed by atoms with van der Waals surface area (Å²) in [6.45, 7) is 3.80. The molecule has 0 saturated carbocycles. The number of carboxylic acids is 1. The van der Waals surface area contributed by atoms with Crippen LogP contribution in [0.15, 0.2) is 59.5 Å². The molecule has 0 bridgehead atoms. The van der Waals surface area contributed by atoms with Crippen LogP contribution in [-0.4, -0.2) is 83.0 Å². The second-order valence-corrected chi connectivity index (χ2v) is 12.0. The van der Waals surface area contributed by atoms with Crippen molar-refractivity contribution in [1.29, 1.82) is 0 Å². The lowest BCUT2D eigenvalue weighted by molar-refractivity contribution is -0.122. The van der Waals surface area contributed by atoms with E-state index >= 15 is 0 Å². The van der Waals surface area contributed by atoms with Crippen LogP contribution in [0.2, 0.25) is 0 Å². The summed E-state index contributed by atoms with van der Waals surface area (Å²) >= 11 is 6.44. The highest BCUT2D eigenvalue weighted by Crippen LogP contribution is 2.36. The Morgan fingerprint density at radius 3 is 2.52 bits per heavy atom. The van der Waals surface area contributed by atoms with Crippen LogP contribution >= 0.6 is 24.0 Å². The molecule has 240 valence electrons. The van der Waals surface area contributed by atoms with Gasteiger partial charge in [-0.05, 0) is 54.1 Å². The van der Waals surface area contributed by atoms with Gasteiger partial charge in [0.25, 0.3) is 5.91 Å². The summed E-state index contributed by atoms with van der Waals surface area (Å²) in [7, 11) is 0. The number of aromatic carboxylic acids is 1. The summed E-state index contributed by atoms with van der Waals surface area (Å²) in [6, 6.07) is 11.5. The van der Waals surface area contributed by atoms with Gasteiger partial charge in [0.2, 0.25) is 5.91 Å². The zero-order valence-electron chi connectivity index (χ0n) is 24.3. The highest BCUT2D eigenvalue weighted by atomic mass is 32.2. The minimum Gasteiger partial charge on any atom is -0.492 e. The van der Waals surface area contributed by atoms with Gasteiger partial charge in [-0.15, -0.1) is 0 Å². The number of halogens is 3. The van der Waals surface area contributed by atoms with Gasteiger partial charge in [-0.25, -0.2) is 18.0 Å². The van der Waals surface area contributed by atoms with Gasteiger partial charge in [0.1, 0.15) is 34.1 Å². The van der Waals surface area contributed by atoms with E-state index in [4.69, 9.17) is 26.8 Å². The number of nitrogens with one attached hydrogen (secondary N) is 1. The number of thiocarbonyl (C=S) groups is 1. The Bertz CT molecular complexity index is 1710. The molecule has 2 N–H and O–H groups in total. The van der Waals surface area contributed by atoms with Gasteiger partial charge in [-0.1, -0.05) is 30.0 Å². The molecule has 0 aliphatic carbocycles. The number of benzene rings is 3. The fraction of sp³-hybridized carbons (Fsp3) is 0.250. The molecule has 0 atom stereocenters. The number of amides is 2. The third kappa shape index (κ3) is 8.12. The molecule has 2 aliphatic heterocycles. The number of anilines is 1. The zero-order valence-corrected chi connectivity index (χ0v) is 25.9. The first-order valence-electron chi connectivity index (χ1n) is 14.2. The molecular formula is C32H28F3N3O6S2. The van der Waals surface area contributed by atoms with Crippen LogP contribution in [0.4, 0.5) is 18.9 Å². The second kappa shape index (κ2) is 14.9. The van der Waals surface area contributed by atoms with Crippen LogP contribution in [0, 0.1) is 17.5 Å². The first kappa shape index (κ1) is 33.1. The molecular weight excluding hydrogens is 643 g/mol. The smallest absolute Gasteiger partial charge is 0.338 e. The number of thioether (sulfide) groups is 1. The van der Waals surface area contributed by atoms with E-state index in [1.807, 2.05) is 0 Å². The maximum absolute atomic E-state index is 14.6. The second-order valence-electron chi connectivity index (χ2n) is 10.3. The first-order chi connectivity index (χ1) is 22.1. The average Bonchev–Trinajstić information content (AvgIpc) is 3.28. The monoisotopic (exact) mass is 671 g/mol. The van der Waals surface area contributed by atoms with Crippen molar-refractivity contribution in [2.24, 2.45) is 0 Å². The number of nitrogens with zero attached hydrogens (tertiary/aromatic N) is 2. The average molecular weight is 672 g/mol. The molecule has 2 fully saturated rings. The summed E-state index contributed by atoms with van der Waals surface area (Å²) in [6.07, 6.45) is 1.42. The number of hydrogen-bond acceptors (Lipinski definition) is 8. The molecule has 2 amide bonds. The molecule has 5 rings (SSSR count). The summed E-state index contributed by atoms with van der Waals surface area (Å²) < 4.78 is 53.9. The third-order valence-corrected chi connectivity index (χ3v) is 8.60. The number of carbonyl (C=O) groups excluding carboxylic acids is 2. The lowest BCUT2D eigenvalue weighted by Crippen LogP contribution is -2.38. The van der Waals surface area contributed by atoms with Crippen molar-refractivity contribution >= 4 is 57.8 Å². The summed E-state index contributed by atoms with van der Waals surface area (Å²) in [5.74, 6) is -4.41. The Labute approximate surface area is 272 Å². The van der Waals surface area contributed by atoms with Crippen molar-refractivity contribution in [2.45, 2.75) is 6.42 Å². The maximum atomic E-state index is 14.6. The van der Waals surface area contributed by atoms with Crippen molar-refractivity contribution in [3.8, 4) is 16.9 Å². The molecule has 3 aromatic carbocycles. The molecule has 3 aromatic rings. The molecule has 9 nitrogen and oxygen atoms in total. The number of carbonyl (C=O) groups is 3. The number of ether oxygens (including phenoxy) is 2. The van der Waals surface area contributed by atoms with E-state index in [1.165, 1.54) is 17.0 Å². The SMILES string of the molecule is O=C(CCN1C(=O)C(=Cc2cc(-c3ccc(F)cc3F)ccc2OCCN2CCOCC2)SC1=S)Nc1ccc(C(=O)O)c(F)c1. The van der Waals surface area contributed by atoms with E-state index < -0.39 is 40.8 Å². The number of carboxylic acid groups (broad SMARTS) is 1. The van der Waals surface area contributed by atoms with Crippen LogP contribution in [0.5, 0.6) is 5.75 Å². The molecule has 46 heavy (non-hydrogen) atoms. The van der Waals surface area contributed by atoms with Gasteiger partial charge in [-0.2, -0.15) is 0 Å². The van der Waals surface area contributed by atoms with E-state index in [0.29, 0.717) is 43.2 Å². The Morgan fingerprint density at radius 2 is 1.80 bits per heavy atom. The topological polar surface area (TPSA) is 108 Å². The van der Waals surface area contributed by atoms with E-state index in [0.717, 1.165) is 49.1 Å². The Kier molecular flexibility index (Phi) is 10.7. The van der Waals surface area contributed by atoms with Crippen LogP contribution in [0.1, 0.15) is 22.3 Å². The minimum atomic E-state index is -1.43. The standard InChI is InChI=1S/C32H28F3N3O6S2/c33-21-2-4-23(25(34)17-21)19-1-6-27(44-14-11-37-9-12-43-13-10-37)20(15-19)16-28-30(40)38(32(45)46-28)8-7-29(39)36-22-3-5-24(31(41)42)26(35)18-22/h1-6,15-18H,7-14H2,(H,36,39)(H,41,42). The van der Waals surface area contributed by atoms with Crippen LogP contribution < -0.4 is 10.1 Å². The van der Waals surface area contributed by atoms with Gasteiger partial charge < -0.3 is 19.9 Å². The van der Waals surface area contributed by atoms with E-state index in [2.05, 4.69) is 10.2 Å². The van der Waals surface area contributed by atoms with Gasteiger partial charge >= 0.3 is 5.97 Å². The lowest BCUT2D eigenvalue weighted by Gasteiger charge is -2.26. The highest BCUT2D eigenvalue weighted by molar-refractivity contribution is 8.26. The molecule has 14 heteroatoms. The normalized spacial score (nSPS) is 16.2. The van der Waals surface area contributed by atoms with Gasteiger partial charge in [0.05, 0.1) is 23.7 Å². The fourth-order valence-corrected chi connectivity index (χ4v) is 6.13.